The number of nitrogens with zero attached hydrogens (tertiary/aromatic N) is 2. The van der Waals surface area contributed by atoms with Crippen LogP contribution in [-0.2, 0) is 4.79 Å². The van der Waals surface area contributed by atoms with Crippen molar-refractivity contribution in [2.45, 2.75) is 4.34 Å². The van der Waals surface area contributed by atoms with Crippen molar-refractivity contribution in [1.29, 1.82) is 0 Å². The predicted octanol–water partition coefficient (Wildman–Crippen LogP) is 2.48. The molecule has 2 N–H and O–H groups in total. The summed E-state index contributed by atoms with van der Waals surface area (Å²) in [6, 6.07) is 5.36. The highest BCUT2D eigenvalue weighted by Gasteiger charge is 2.08. The lowest BCUT2D eigenvalue weighted by molar-refractivity contribution is -0.133. The van der Waals surface area contributed by atoms with E-state index < -0.39 is 5.97 Å². The lowest BCUT2D eigenvalue weighted by Gasteiger charge is -2.08. The first-order valence-corrected chi connectivity index (χ1v) is 7.59. The second-order valence-corrected chi connectivity index (χ2v) is 5.98. The lowest BCUT2D eigenvalue weighted by atomic mass is 10.3. The van der Waals surface area contributed by atoms with E-state index in [0.717, 1.165) is 17.4 Å². The molecule has 0 unspecified atom stereocenters. The maximum absolute atomic E-state index is 10.5. The van der Waals surface area contributed by atoms with Gasteiger partial charge in [-0.2, -0.15) is 0 Å². The maximum atomic E-state index is 10.5. The number of anilines is 2. The average Bonchev–Trinajstić information content (AvgIpc) is 2.92. The van der Waals surface area contributed by atoms with Gasteiger partial charge in [-0.25, -0.2) is 0 Å². The molecular formula is C12H13N3O4S2. The number of nitrogens with one attached hydrogen (secondary N) is 1. The van der Waals surface area contributed by atoms with Gasteiger partial charge in [-0.1, -0.05) is 23.1 Å². The fourth-order valence-electron chi connectivity index (χ4n) is 1.45. The van der Waals surface area contributed by atoms with Gasteiger partial charge in [-0.05, 0) is 0 Å². The SMILES string of the molecule is COc1cc(Nc2nnc(SCC(=O)O)s2)cc(OC)c1. The number of thioether (sulfide) groups is 1. The molecule has 21 heavy (non-hydrogen) atoms. The van der Waals surface area contributed by atoms with E-state index in [1.165, 1.54) is 11.3 Å². The monoisotopic (exact) mass is 327 g/mol. The van der Waals surface area contributed by atoms with Gasteiger partial charge in [0.05, 0.1) is 20.0 Å². The van der Waals surface area contributed by atoms with Gasteiger partial charge in [0.15, 0.2) is 4.34 Å². The minimum Gasteiger partial charge on any atom is -0.497 e. The van der Waals surface area contributed by atoms with E-state index in [4.69, 9.17) is 14.6 Å². The Morgan fingerprint density at radius 1 is 1.29 bits per heavy atom. The second-order valence-electron chi connectivity index (χ2n) is 3.78. The van der Waals surface area contributed by atoms with Gasteiger partial charge < -0.3 is 19.9 Å². The number of rotatable bonds is 7. The largest absolute Gasteiger partial charge is 0.497 e. The molecule has 0 bridgehead atoms. The molecule has 0 amide bonds. The van der Waals surface area contributed by atoms with Crippen LogP contribution in [0.1, 0.15) is 0 Å². The van der Waals surface area contributed by atoms with E-state index in [-0.39, 0.29) is 5.75 Å². The minimum atomic E-state index is -0.887. The van der Waals surface area contributed by atoms with Crippen molar-refractivity contribution >= 4 is 39.9 Å². The zero-order chi connectivity index (χ0) is 15.2. The number of aromatic nitrogens is 2. The fourth-order valence-corrected chi connectivity index (χ4v) is 2.94. The first-order chi connectivity index (χ1) is 10.1. The van der Waals surface area contributed by atoms with Gasteiger partial charge >= 0.3 is 5.97 Å². The Bertz CT molecular complexity index is 610. The van der Waals surface area contributed by atoms with Crippen molar-refractivity contribution in [2.75, 3.05) is 25.3 Å². The van der Waals surface area contributed by atoms with E-state index in [2.05, 4.69) is 15.5 Å². The standard InChI is InChI=1S/C12H13N3O4S2/c1-18-8-3-7(4-9(5-8)19-2)13-11-14-15-12(21-11)20-6-10(16)17/h3-5H,6H2,1-2H3,(H,13,14)(H,16,17). The van der Waals surface area contributed by atoms with E-state index in [0.29, 0.717) is 21.0 Å². The first kappa shape index (κ1) is 15.4. The molecule has 2 aromatic rings. The zero-order valence-electron chi connectivity index (χ0n) is 11.3. The molecular weight excluding hydrogens is 314 g/mol. The summed E-state index contributed by atoms with van der Waals surface area (Å²) >= 11 is 2.41. The molecule has 1 aromatic heterocycles. The number of carboxylic acid groups (broad SMARTS) is 1. The smallest absolute Gasteiger partial charge is 0.313 e. The van der Waals surface area contributed by atoms with Crippen LogP contribution in [0.15, 0.2) is 22.5 Å². The van der Waals surface area contributed by atoms with E-state index in [9.17, 15) is 4.79 Å². The maximum Gasteiger partial charge on any atom is 0.313 e. The molecule has 1 aromatic carbocycles. The fraction of sp³-hybridized carbons (Fsp3) is 0.250. The van der Waals surface area contributed by atoms with E-state index in [1.807, 2.05) is 0 Å². The average molecular weight is 327 g/mol. The molecule has 2 rings (SSSR count). The highest BCUT2D eigenvalue weighted by Crippen LogP contribution is 2.31. The summed E-state index contributed by atoms with van der Waals surface area (Å²) in [5, 5.41) is 20.2. The quantitative estimate of drug-likeness (QED) is 0.749. The van der Waals surface area contributed by atoms with Crippen LogP contribution in [-0.4, -0.2) is 41.2 Å². The molecule has 0 aliphatic carbocycles. The molecule has 0 spiro atoms. The molecule has 112 valence electrons. The summed E-state index contributed by atoms with van der Waals surface area (Å²) < 4.78 is 11.0. The third kappa shape index (κ3) is 4.50. The molecule has 0 aliphatic heterocycles. The molecule has 0 atom stereocenters. The number of hydrogen-bond donors (Lipinski definition) is 2. The Hall–Kier alpha value is -2.00. The van der Waals surface area contributed by atoms with Gasteiger partial charge in [0.25, 0.3) is 0 Å². The van der Waals surface area contributed by atoms with Crippen LogP contribution >= 0.6 is 23.1 Å². The normalized spacial score (nSPS) is 10.2. The number of methoxy groups -OCH3 is 2. The molecule has 1 heterocycles. The number of ether oxygens (including phenoxy) is 2. The third-order valence-corrected chi connectivity index (χ3v) is 4.29. The van der Waals surface area contributed by atoms with Crippen LogP contribution in [0.4, 0.5) is 10.8 Å². The molecule has 7 nitrogen and oxygen atoms in total. The summed E-state index contributed by atoms with van der Waals surface area (Å²) in [5.74, 6) is 0.382. The van der Waals surface area contributed by atoms with Crippen LogP contribution < -0.4 is 14.8 Å². The van der Waals surface area contributed by atoms with Crippen LogP contribution in [0, 0.1) is 0 Å². The van der Waals surface area contributed by atoms with E-state index >= 15 is 0 Å². The minimum absolute atomic E-state index is 0.0401. The number of benzene rings is 1. The highest BCUT2D eigenvalue weighted by atomic mass is 32.2. The van der Waals surface area contributed by atoms with Gasteiger partial charge in [0, 0.05) is 23.9 Å². The molecule has 0 radical (unpaired) electrons. The van der Waals surface area contributed by atoms with Crippen molar-refractivity contribution in [3.05, 3.63) is 18.2 Å². The molecule has 0 saturated heterocycles. The zero-order valence-corrected chi connectivity index (χ0v) is 13.0. The van der Waals surface area contributed by atoms with Gasteiger partial charge in [0.1, 0.15) is 11.5 Å². The number of hydrogen-bond acceptors (Lipinski definition) is 8. The Kier molecular flexibility index (Phi) is 5.23. The first-order valence-electron chi connectivity index (χ1n) is 5.79. The van der Waals surface area contributed by atoms with Crippen LogP contribution in [0.5, 0.6) is 11.5 Å². The van der Waals surface area contributed by atoms with Crippen molar-refractivity contribution in [1.82, 2.24) is 10.2 Å². The third-order valence-electron chi connectivity index (χ3n) is 2.33. The van der Waals surface area contributed by atoms with Crippen LogP contribution in [0.3, 0.4) is 0 Å². The van der Waals surface area contributed by atoms with Crippen LogP contribution in [0.25, 0.3) is 0 Å². The molecule has 0 saturated carbocycles. The Balaban J connectivity index is 2.09. The summed E-state index contributed by atoms with van der Waals surface area (Å²) in [6.07, 6.45) is 0. The Morgan fingerprint density at radius 3 is 2.52 bits per heavy atom. The number of aliphatic carboxylic acids is 1. The summed E-state index contributed by atoms with van der Waals surface area (Å²) in [6.45, 7) is 0. The van der Waals surface area contributed by atoms with Gasteiger partial charge in [0.2, 0.25) is 5.13 Å². The van der Waals surface area contributed by atoms with Crippen molar-refractivity contribution < 1.29 is 19.4 Å². The highest BCUT2D eigenvalue weighted by molar-refractivity contribution is 8.01. The van der Waals surface area contributed by atoms with Crippen molar-refractivity contribution in [3.8, 4) is 11.5 Å². The van der Waals surface area contributed by atoms with Crippen molar-refractivity contribution in [2.24, 2.45) is 0 Å². The lowest BCUT2D eigenvalue weighted by Crippen LogP contribution is -1.96. The molecule has 0 fully saturated rings. The number of carbonyl (C=O) groups is 1. The molecule has 0 aliphatic rings. The topological polar surface area (TPSA) is 93.6 Å². The Morgan fingerprint density at radius 2 is 1.95 bits per heavy atom. The van der Waals surface area contributed by atoms with Crippen LogP contribution in [0.2, 0.25) is 0 Å². The number of carboxylic acids is 1. The summed E-state index contributed by atoms with van der Waals surface area (Å²) in [7, 11) is 3.15. The summed E-state index contributed by atoms with van der Waals surface area (Å²) in [5.41, 5.74) is 0.747. The molecule has 9 heteroatoms. The van der Waals surface area contributed by atoms with Crippen molar-refractivity contribution in [3.63, 3.8) is 0 Å². The van der Waals surface area contributed by atoms with E-state index in [1.54, 1.807) is 32.4 Å². The van der Waals surface area contributed by atoms with Gasteiger partial charge in [-0.3, -0.25) is 4.79 Å². The predicted molar refractivity (Wildman–Crippen MR) is 81.1 cm³/mol. The van der Waals surface area contributed by atoms with Gasteiger partial charge in [-0.15, -0.1) is 10.2 Å². The second kappa shape index (κ2) is 7.14. The summed E-state index contributed by atoms with van der Waals surface area (Å²) in [4.78, 5) is 10.5. The Labute approximate surface area is 129 Å².